The van der Waals surface area contributed by atoms with E-state index in [0.717, 1.165) is 28.2 Å². The predicted molar refractivity (Wildman–Crippen MR) is 70.9 cm³/mol. The summed E-state index contributed by atoms with van der Waals surface area (Å²) < 4.78 is 0. The van der Waals surface area contributed by atoms with Crippen LogP contribution in [0.1, 0.15) is 11.1 Å². The highest BCUT2D eigenvalue weighted by molar-refractivity contribution is 5.54. The molecule has 0 aliphatic heterocycles. The SMILES string of the molecule is Cc1cc(/N=N\c2ccccc2C)ccc1N. The third-order valence-electron chi connectivity index (χ3n) is 2.64. The molecule has 0 saturated heterocycles. The van der Waals surface area contributed by atoms with Crippen molar-refractivity contribution in [3.8, 4) is 0 Å². The van der Waals surface area contributed by atoms with Gasteiger partial charge in [-0.25, -0.2) is 0 Å². The maximum absolute atomic E-state index is 5.75. The van der Waals surface area contributed by atoms with Crippen LogP contribution in [0, 0.1) is 13.8 Å². The second-order valence-corrected chi connectivity index (χ2v) is 4.03. The van der Waals surface area contributed by atoms with Gasteiger partial charge < -0.3 is 5.73 Å². The highest BCUT2D eigenvalue weighted by atomic mass is 15.1. The highest BCUT2D eigenvalue weighted by Gasteiger charge is 1.96. The van der Waals surface area contributed by atoms with Crippen molar-refractivity contribution in [1.82, 2.24) is 0 Å². The van der Waals surface area contributed by atoms with Crippen LogP contribution in [0.25, 0.3) is 0 Å². The van der Waals surface area contributed by atoms with Crippen LogP contribution in [0.4, 0.5) is 17.1 Å². The fourth-order valence-electron chi connectivity index (χ4n) is 1.51. The van der Waals surface area contributed by atoms with E-state index >= 15 is 0 Å². The van der Waals surface area contributed by atoms with E-state index in [1.807, 2.05) is 56.3 Å². The Bertz CT molecular complexity index is 559. The molecule has 0 bridgehead atoms. The molecule has 2 aromatic carbocycles. The Morgan fingerprint density at radius 1 is 0.882 bits per heavy atom. The van der Waals surface area contributed by atoms with Gasteiger partial charge in [-0.3, -0.25) is 0 Å². The number of benzene rings is 2. The molecule has 0 aliphatic carbocycles. The number of aryl methyl sites for hydroxylation is 2. The first-order valence-electron chi connectivity index (χ1n) is 5.50. The Hall–Kier alpha value is -2.16. The zero-order chi connectivity index (χ0) is 12.3. The minimum atomic E-state index is 0.778. The van der Waals surface area contributed by atoms with Gasteiger partial charge in [0.1, 0.15) is 0 Å². The highest BCUT2D eigenvalue weighted by Crippen LogP contribution is 2.23. The maximum Gasteiger partial charge on any atom is 0.0886 e. The predicted octanol–water partition coefficient (Wildman–Crippen LogP) is 4.30. The molecule has 0 atom stereocenters. The minimum absolute atomic E-state index is 0.778. The van der Waals surface area contributed by atoms with E-state index in [4.69, 9.17) is 5.73 Å². The van der Waals surface area contributed by atoms with Gasteiger partial charge in [0.2, 0.25) is 0 Å². The molecule has 0 aromatic heterocycles. The maximum atomic E-state index is 5.75. The first-order chi connectivity index (χ1) is 8.16. The lowest BCUT2D eigenvalue weighted by Gasteiger charge is -2.00. The Morgan fingerprint density at radius 2 is 1.65 bits per heavy atom. The summed E-state index contributed by atoms with van der Waals surface area (Å²) in [5.74, 6) is 0. The lowest BCUT2D eigenvalue weighted by molar-refractivity contribution is 1.20. The number of hydrogen-bond acceptors (Lipinski definition) is 3. The monoisotopic (exact) mass is 225 g/mol. The molecule has 0 unspecified atom stereocenters. The fourth-order valence-corrected chi connectivity index (χ4v) is 1.51. The second kappa shape index (κ2) is 4.78. The van der Waals surface area contributed by atoms with Crippen molar-refractivity contribution in [3.63, 3.8) is 0 Å². The van der Waals surface area contributed by atoms with Gasteiger partial charge in [-0.05, 0) is 49.2 Å². The Labute approximate surface area is 101 Å². The zero-order valence-corrected chi connectivity index (χ0v) is 10.0. The van der Waals surface area contributed by atoms with Crippen LogP contribution < -0.4 is 5.73 Å². The molecule has 3 heteroatoms. The van der Waals surface area contributed by atoms with E-state index < -0.39 is 0 Å². The van der Waals surface area contributed by atoms with Gasteiger partial charge in [0.05, 0.1) is 11.4 Å². The van der Waals surface area contributed by atoms with Crippen LogP contribution in [0.3, 0.4) is 0 Å². The summed E-state index contributed by atoms with van der Waals surface area (Å²) in [4.78, 5) is 0. The van der Waals surface area contributed by atoms with E-state index in [9.17, 15) is 0 Å². The van der Waals surface area contributed by atoms with E-state index in [2.05, 4.69) is 10.2 Å². The van der Waals surface area contributed by atoms with Crippen molar-refractivity contribution in [3.05, 3.63) is 53.6 Å². The summed E-state index contributed by atoms with van der Waals surface area (Å²) in [5, 5.41) is 8.44. The molecular formula is C14H15N3. The summed E-state index contributed by atoms with van der Waals surface area (Å²) in [6.45, 7) is 3.98. The quantitative estimate of drug-likeness (QED) is 0.601. The largest absolute Gasteiger partial charge is 0.399 e. The summed E-state index contributed by atoms with van der Waals surface area (Å²) >= 11 is 0. The Morgan fingerprint density at radius 3 is 2.35 bits per heavy atom. The minimum Gasteiger partial charge on any atom is -0.399 e. The second-order valence-electron chi connectivity index (χ2n) is 4.03. The van der Waals surface area contributed by atoms with Crippen LogP contribution in [0.5, 0.6) is 0 Å². The molecule has 0 amide bonds. The van der Waals surface area contributed by atoms with E-state index in [0.29, 0.717) is 0 Å². The van der Waals surface area contributed by atoms with Crippen LogP contribution in [-0.4, -0.2) is 0 Å². The fraction of sp³-hybridized carbons (Fsp3) is 0.143. The van der Waals surface area contributed by atoms with Gasteiger partial charge in [0.15, 0.2) is 0 Å². The number of anilines is 1. The topological polar surface area (TPSA) is 50.7 Å². The molecule has 0 radical (unpaired) electrons. The molecule has 0 saturated carbocycles. The summed E-state index contributed by atoms with van der Waals surface area (Å²) in [5.41, 5.74) is 10.4. The average Bonchev–Trinajstić information content (AvgIpc) is 2.32. The van der Waals surface area contributed by atoms with E-state index in [-0.39, 0.29) is 0 Å². The van der Waals surface area contributed by atoms with Gasteiger partial charge in [-0.2, -0.15) is 10.2 Å². The van der Waals surface area contributed by atoms with Crippen LogP contribution >= 0.6 is 0 Å². The zero-order valence-electron chi connectivity index (χ0n) is 10.0. The molecule has 0 heterocycles. The van der Waals surface area contributed by atoms with Crippen molar-refractivity contribution in [2.24, 2.45) is 10.2 Å². The smallest absolute Gasteiger partial charge is 0.0886 e. The summed E-state index contributed by atoms with van der Waals surface area (Å²) in [6.07, 6.45) is 0. The standard InChI is InChI=1S/C14H15N3/c1-10-5-3-4-6-14(10)17-16-12-7-8-13(15)11(2)9-12/h3-9H,15H2,1-2H3/b17-16-. The number of azo groups is 1. The molecule has 2 aromatic rings. The summed E-state index contributed by atoms with van der Waals surface area (Å²) in [6, 6.07) is 13.5. The van der Waals surface area contributed by atoms with Crippen molar-refractivity contribution in [2.45, 2.75) is 13.8 Å². The first kappa shape index (κ1) is 11.3. The lowest BCUT2D eigenvalue weighted by Crippen LogP contribution is -1.87. The van der Waals surface area contributed by atoms with Crippen LogP contribution in [0.2, 0.25) is 0 Å². The van der Waals surface area contributed by atoms with Gasteiger partial charge in [-0.15, -0.1) is 0 Å². The van der Waals surface area contributed by atoms with Crippen molar-refractivity contribution in [1.29, 1.82) is 0 Å². The number of nitrogens with two attached hydrogens (primary N) is 1. The molecule has 3 nitrogen and oxygen atoms in total. The lowest BCUT2D eigenvalue weighted by atomic mass is 10.2. The van der Waals surface area contributed by atoms with Gasteiger partial charge in [-0.1, -0.05) is 18.2 Å². The molecule has 17 heavy (non-hydrogen) atoms. The van der Waals surface area contributed by atoms with E-state index in [1.165, 1.54) is 0 Å². The number of hydrogen-bond donors (Lipinski definition) is 1. The molecule has 0 fully saturated rings. The van der Waals surface area contributed by atoms with Crippen molar-refractivity contribution in [2.75, 3.05) is 5.73 Å². The molecule has 86 valence electrons. The van der Waals surface area contributed by atoms with Crippen molar-refractivity contribution >= 4 is 17.1 Å². The molecule has 0 spiro atoms. The van der Waals surface area contributed by atoms with Gasteiger partial charge in [0, 0.05) is 5.69 Å². The Kier molecular flexibility index (Phi) is 3.19. The molecule has 0 aliphatic rings. The molecule has 2 N–H and O–H groups in total. The third kappa shape index (κ3) is 2.69. The molecule has 2 rings (SSSR count). The number of nitrogens with zero attached hydrogens (tertiary/aromatic N) is 2. The third-order valence-corrected chi connectivity index (χ3v) is 2.64. The molecular weight excluding hydrogens is 210 g/mol. The van der Waals surface area contributed by atoms with E-state index in [1.54, 1.807) is 0 Å². The van der Waals surface area contributed by atoms with Crippen LogP contribution in [-0.2, 0) is 0 Å². The van der Waals surface area contributed by atoms with Crippen molar-refractivity contribution < 1.29 is 0 Å². The Balaban J connectivity index is 2.26. The number of rotatable bonds is 2. The average molecular weight is 225 g/mol. The van der Waals surface area contributed by atoms with Gasteiger partial charge >= 0.3 is 0 Å². The number of nitrogen functional groups attached to an aromatic ring is 1. The first-order valence-corrected chi connectivity index (χ1v) is 5.50. The summed E-state index contributed by atoms with van der Waals surface area (Å²) in [7, 11) is 0. The normalized spacial score (nSPS) is 10.9. The van der Waals surface area contributed by atoms with Gasteiger partial charge in [0.25, 0.3) is 0 Å². The van der Waals surface area contributed by atoms with Crippen LogP contribution in [0.15, 0.2) is 52.7 Å².